The van der Waals surface area contributed by atoms with E-state index in [1.54, 1.807) is 6.07 Å². The number of hydrogen-bond donors (Lipinski definition) is 1. The summed E-state index contributed by atoms with van der Waals surface area (Å²) >= 11 is 0. The quantitative estimate of drug-likeness (QED) is 0.922. The van der Waals surface area contributed by atoms with Crippen molar-refractivity contribution in [3.05, 3.63) is 59.2 Å². The van der Waals surface area contributed by atoms with Crippen LogP contribution in [0, 0.1) is 11.6 Å². The molecule has 0 atom stereocenters. The average Bonchev–Trinajstić information content (AvgIpc) is 3.01. The Bertz CT molecular complexity index is 734. The van der Waals surface area contributed by atoms with E-state index in [1.165, 1.54) is 6.07 Å². The molecule has 0 saturated carbocycles. The molecule has 0 saturated heterocycles. The van der Waals surface area contributed by atoms with Gasteiger partial charge < -0.3 is 14.8 Å². The van der Waals surface area contributed by atoms with Crippen LogP contribution in [0.15, 0.2) is 36.4 Å². The molecule has 1 aliphatic rings. The summed E-state index contributed by atoms with van der Waals surface area (Å²) < 4.78 is 36.4. The van der Waals surface area contributed by atoms with E-state index in [0.29, 0.717) is 30.0 Å². The highest BCUT2D eigenvalue weighted by atomic mass is 19.2. The van der Waals surface area contributed by atoms with E-state index in [2.05, 4.69) is 5.32 Å². The Kier molecular flexibility index (Phi) is 4.41. The standard InChI is InChI=1S/C17H15F2NO3/c18-13-4-1-11(7-14(13)19)3-6-17(21)20-9-12-2-5-15-16(8-12)23-10-22-15/h1-2,4-5,7-8H,3,6,9-10H2,(H,20,21). The first kappa shape index (κ1) is 15.3. The minimum atomic E-state index is -0.900. The number of hydrogen-bond acceptors (Lipinski definition) is 3. The van der Waals surface area contributed by atoms with Crippen molar-refractivity contribution in [1.29, 1.82) is 0 Å². The predicted octanol–water partition coefficient (Wildman–Crippen LogP) is 2.94. The first-order valence-corrected chi connectivity index (χ1v) is 7.21. The smallest absolute Gasteiger partial charge is 0.231 e. The molecule has 3 rings (SSSR count). The van der Waals surface area contributed by atoms with Crippen molar-refractivity contribution in [3.63, 3.8) is 0 Å². The SMILES string of the molecule is O=C(CCc1ccc(F)c(F)c1)NCc1ccc2c(c1)OCO2. The number of halogens is 2. The third-order valence-corrected chi connectivity index (χ3v) is 3.55. The summed E-state index contributed by atoms with van der Waals surface area (Å²) in [5, 5.41) is 2.78. The normalized spacial score (nSPS) is 12.3. The zero-order valence-electron chi connectivity index (χ0n) is 12.3. The Morgan fingerprint density at radius 1 is 1.00 bits per heavy atom. The summed E-state index contributed by atoms with van der Waals surface area (Å²) in [5.74, 6) is -0.589. The number of fused-ring (bicyclic) bond motifs is 1. The Morgan fingerprint density at radius 3 is 2.61 bits per heavy atom. The van der Waals surface area contributed by atoms with Gasteiger partial charge >= 0.3 is 0 Å². The van der Waals surface area contributed by atoms with E-state index in [-0.39, 0.29) is 19.1 Å². The Hall–Kier alpha value is -2.63. The lowest BCUT2D eigenvalue weighted by Gasteiger charge is -2.07. The molecule has 6 heteroatoms. The van der Waals surface area contributed by atoms with Crippen LogP contribution in [0.1, 0.15) is 17.5 Å². The Labute approximate surface area is 132 Å². The third kappa shape index (κ3) is 3.77. The van der Waals surface area contributed by atoms with Gasteiger partial charge in [0.25, 0.3) is 0 Å². The summed E-state index contributed by atoms with van der Waals surface area (Å²) in [6, 6.07) is 9.12. The number of carbonyl (C=O) groups excluding carboxylic acids is 1. The van der Waals surface area contributed by atoms with E-state index < -0.39 is 11.6 Å². The van der Waals surface area contributed by atoms with Crippen LogP contribution in [-0.2, 0) is 17.8 Å². The summed E-state index contributed by atoms with van der Waals surface area (Å²) in [7, 11) is 0. The van der Waals surface area contributed by atoms with E-state index in [1.807, 2.05) is 12.1 Å². The fraction of sp³-hybridized carbons (Fsp3) is 0.235. The molecule has 4 nitrogen and oxygen atoms in total. The van der Waals surface area contributed by atoms with Crippen LogP contribution in [-0.4, -0.2) is 12.7 Å². The lowest BCUT2D eigenvalue weighted by molar-refractivity contribution is -0.121. The van der Waals surface area contributed by atoms with Crippen LogP contribution in [0.5, 0.6) is 11.5 Å². The fourth-order valence-corrected chi connectivity index (χ4v) is 2.29. The molecule has 0 fully saturated rings. The van der Waals surface area contributed by atoms with Gasteiger partial charge in [0, 0.05) is 13.0 Å². The van der Waals surface area contributed by atoms with Crippen LogP contribution in [0.3, 0.4) is 0 Å². The molecule has 0 aromatic heterocycles. The molecule has 120 valence electrons. The minimum Gasteiger partial charge on any atom is -0.454 e. The molecular formula is C17H15F2NO3. The van der Waals surface area contributed by atoms with Gasteiger partial charge in [-0.15, -0.1) is 0 Å². The van der Waals surface area contributed by atoms with Crippen LogP contribution in [0.2, 0.25) is 0 Å². The number of benzene rings is 2. The van der Waals surface area contributed by atoms with Crippen LogP contribution in [0.4, 0.5) is 8.78 Å². The van der Waals surface area contributed by atoms with Crippen molar-refractivity contribution < 1.29 is 23.0 Å². The number of rotatable bonds is 5. The molecule has 0 radical (unpaired) electrons. The van der Waals surface area contributed by atoms with Crippen LogP contribution < -0.4 is 14.8 Å². The van der Waals surface area contributed by atoms with Gasteiger partial charge in [-0.25, -0.2) is 8.78 Å². The molecule has 0 aliphatic carbocycles. The number of carbonyl (C=O) groups is 1. The van der Waals surface area contributed by atoms with E-state index in [0.717, 1.165) is 17.7 Å². The predicted molar refractivity (Wildman–Crippen MR) is 79.1 cm³/mol. The number of amides is 1. The first-order valence-electron chi connectivity index (χ1n) is 7.21. The maximum atomic E-state index is 13.1. The maximum Gasteiger partial charge on any atom is 0.231 e. The van der Waals surface area contributed by atoms with E-state index >= 15 is 0 Å². The van der Waals surface area contributed by atoms with Crippen LogP contribution >= 0.6 is 0 Å². The summed E-state index contributed by atoms with van der Waals surface area (Å²) in [5.41, 5.74) is 1.48. The van der Waals surface area contributed by atoms with Crippen molar-refractivity contribution >= 4 is 5.91 Å². The molecular weight excluding hydrogens is 304 g/mol. The topological polar surface area (TPSA) is 47.6 Å². The van der Waals surface area contributed by atoms with Gasteiger partial charge in [-0.3, -0.25) is 4.79 Å². The molecule has 2 aromatic carbocycles. The van der Waals surface area contributed by atoms with E-state index in [4.69, 9.17) is 9.47 Å². The van der Waals surface area contributed by atoms with Gasteiger partial charge in [-0.2, -0.15) is 0 Å². The molecule has 1 amide bonds. The monoisotopic (exact) mass is 319 g/mol. The van der Waals surface area contributed by atoms with Crippen molar-refractivity contribution in [2.45, 2.75) is 19.4 Å². The molecule has 1 heterocycles. The number of ether oxygens (including phenoxy) is 2. The highest BCUT2D eigenvalue weighted by Crippen LogP contribution is 2.32. The Balaban J connectivity index is 1.48. The fourth-order valence-electron chi connectivity index (χ4n) is 2.29. The first-order chi connectivity index (χ1) is 11.1. The average molecular weight is 319 g/mol. The molecule has 1 N–H and O–H groups in total. The lowest BCUT2D eigenvalue weighted by Crippen LogP contribution is -2.23. The van der Waals surface area contributed by atoms with Crippen molar-refractivity contribution in [1.82, 2.24) is 5.32 Å². The number of nitrogens with one attached hydrogen (secondary N) is 1. The molecule has 23 heavy (non-hydrogen) atoms. The highest BCUT2D eigenvalue weighted by molar-refractivity contribution is 5.76. The number of aryl methyl sites for hydroxylation is 1. The van der Waals surface area contributed by atoms with Gasteiger partial charge in [-0.05, 0) is 41.8 Å². The van der Waals surface area contributed by atoms with Gasteiger partial charge in [0.15, 0.2) is 23.1 Å². The van der Waals surface area contributed by atoms with Gasteiger partial charge in [0.1, 0.15) is 0 Å². The third-order valence-electron chi connectivity index (χ3n) is 3.55. The summed E-state index contributed by atoms with van der Waals surface area (Å²) in [4.78, 5) is 11.8. The maximum absolute atomic E-state index is 13.1. The molecule has 0 unspecified atom stereocenters. The largest absolute Gasteiger partial charge is 0.454 e. The second-order valence-electron chi connectivity index (χ2n) is 5.21. The lowest BCUT2D eigenvalue weighted by atomic mass is 10.1. The zero-order chi connectivity index (χ0) is 16.2. The zero-order valence-corrected chi connectivity index (χ0v) is 12.3. The second kappa shape index (κ2) is 6.64. The van der Waals surface area contributed by atoms with Crippen molar-refractivity contribution in [2.24, 2.45) is 0 Å². The Morgan fingerprint density at radius 2 is 1.78 bits per heavy atom. The summed E-state index contributed by atoms with van der Waals surface area (Å²) in [6.45, 7) is 0.576. The second-order valence-corrected chi connectivity index (χ2v) is 5.21. The molecule has 2 aromatic rings. The molecule has 1 aliphatic heterocycles. The summed E-state index contributed by atoms with van der Waals surface area (Å²) in [6.07, 6.45) is 0.555. The van der Waals surface area contributed by atoms with Crippen molar-refractivity contribution in [2.75, 3.05) is 6.79 Å². The molecule has 0 bridgehead atoms. The van der Waals surface area contributed by atoms with Crippen molar-refractivity contribution in [3.8, 4) is 11.5 Å². The van der Waals surface area contributed by atoms with Gasteiger partial charge in [0.2, 0.25) is 12.7 Å². The van der Waals surface area contributed by atoms with E-state index in [9.17, 15) is 13.6 Å². The molecule has 0 spiro atoms. The minimum absolute atomic E-state index is 0.160. The highest BCUT2D eigenvalue weighted by Gasteiger charge is 2.13. The van der Waals surface area contributed by atoms with Gasteiger partial charge in [-0.1, -0.05) is 12.1 Å². The van der Waals surface area contributed by atoms with Crippen LogP contribution in [0.25, 0.3) is 0 Å². The van der Waals surface area contributed by atoms with Gasteiger partial charge in [0.05, 0.1) is 0 Å².